The van der Waals surface area contributed by atoms with Gasteiger partial charge in [0.2, 0.25) is 5.95 Å². The number of fused-ring (bicyclic) bond motifs is 3. The van der Waals surface area contributed by atoms with Gasteiger partial charge in [-0.15, -0.1) is 0 Å². The van der Waals surface area contributed by atoms with Crippen molar-refractivity contribution < 1.29 is 14.3 Å². The van der Waals surface area contributed by atoms with E-state index in [4.69, 9.17) is 4.42 Å². The zero-order valence-electron chi connectivity index (χ0n) is 20.6. The maximum atomic E-state index is 11.3. The number of aryl methyl sites for hydroxylation is 1. The van der Waals surface area contributed by atoms with Crippen LogP contribution in [0.1, 0.15) is 33.1 Å². The van der Waals surface area contributed by atoms with Crippen LogP contribution >= 0.6 is 0 Å². The first-order chi connectivity index (χ1) is 17.4. The van der Waals surface area contributed by atoms with E-state index in [1.807, 2.05) is 0 Å². The molecule has 0 bridgehead atoms. The van der Waals surface area contributed by atoms with E-state index < -0.39 is 5.97 Å². The van der Waals surface area contributed by atoms with E-state index in [1.165, 1.54) is 22.8 Å². The zero-order valence-corrected chi connectivity index (χ0v) is 20.6. The lowest BCUT2D eigenvalue weighted by atomic mass is 10.0. The van der Waals surface area contributed by atoms with Gasteiger partial charge < -0.3 is 24.3 Å². The largest absolute Gasteiger partial charge is 0.478 e. The molecular formula is C27H30N6O3. The summed E-state index contributed by atoms with van der Waals surface area (Å²) in [7, 11) is 2.17. The Morgan fingerprint density at radius 2 is 1.97 bits per heavy atom. The third kappa shape index (κ3) is 4.25. The van der Waals surface area contributed by atoms with Crippen molar-refractivity contribution in [3.63, 3.8) is 0 Å². The minimum atomic E-state index is -1.01. The lowest BCUT2D eigenvalue weighted by molar-refractivity contribution is 0.0695. The number of nitrogens with zero attached hydrogens (tertiary/aromatic N) is 5. The van der Waals surface area contributed by atoms with E-state index in [2.05, 4.69) is 67.0 Å². The van der Waals surface area contributed by atoms with E-state index >= 15 is 0 Å². The Balaban J connectivity index is 1.24. The minimum absolute atomic E-state index is 0.138. The molecular weight excluding hydrogens is 456 g/mol. The predicted octanol–water partition coefficient (Wildman–Crippen LogP) is 3.53. The van der Waals surface area contributed by atoms with Crippen molar-refractivity contribution in [1.29, 1.82) is 0 Å². The molecule has 2 aliphatic rings. The molecule has 1 aromatic carbocycles. The number of anilines is 1. The van der Waals surface area contributed by atoms with Crippen molar-refractivity contribution in [2.24, 2.45) is 0 Å². The lowest BCUT2D eigenvalue weighted by Gasteiger charge is -2.31. The van der Waals surface area contributed by atoms with Crippen LogP contribution in [0.5, 0.6) is 0 Å². The van der Waals surface area contributed by atoms with Gasteiger partial charge in [0.05, 0.1) is 17.8 Å². The first kappa shape index (κ1) is 22.8. The first-order valence-electron chi connectivity index (χ1n) is 12.4. The highest BCUT2D eigenvalue weighted by atomic mass is 16.4. The maximum absolute atomic E-state index is 11.3. The van der Waals surface area contributed by atoms with Gasteiger partial charge in [0.25, 0.3) is 0 Å². The van der Waals surface area contributed by atoms with Gasteiger partial charge in [-0.25, -0.2) is 14.8 Å². The lowest BCUT2D eigenvalue weighted by Crippen LogP contribution is -2.43. The van der Waals surface area contributed by atoms with Crippen molar-refractivity contribution in [2.45, 2.75) is 26.4 Å². The van der Waals surface area contributed by atoms with E-state index in [0.717, 1.165) is 68.3 Å². The molecule has 0 radical (unpaired) electrons. The molecule has 2 aliphatic heterocycles. The number of rotatable bonds is 5. The van der Waals surface area contributed by atoms with E-state index in [0.29, 0.717) is 18.2 Å². The molecule has 0 aliphatic carbocycles. The van der Waals surface area contributed by atoms with Crippen LogP contribution in [0, 0.1) is 6.92 Å². The summed E-state index contributed by atoms with van der Waals surface area (Å²) in [5, 5.41) is 10.5. The van der Waals surface area contributed by atoms with Crippen LogP contribution in [-0.2, 0) is 19.5 Å². The molecule has 4 aromatic rings. The SMILES string of the molecule is Cc1nc(N2CCc3[nH]c4ccc(-c5ccc(CN6CCN(C)CC6)o5)cc4c3C2)ncc1C(=O)O. The van der Waals surface area contributed by atoms with Gasteiger partial charge in [0, 0.05) is 79.6 Å². The summed E-state index contributed by atoms with van der Waals surface area (Å²) >= 11 is 0. The third-order valence-corrected chi connectivity index (χ3v) is 7.38. The molecule has 0 saturated carbocycles. The summed E-state index contributed by atoms with van der Waals surface area (Å²) < 4.78 is 6.26. The number of hydrogen-bond donors (Lipinski definition) is 2. The molecule has 2 N–H and O–H groups in total. The second kappa shape index (κ2) is 9.07. The van der Waals surface area contributed by atoms with Crippen LogP contribution in [0.2, 0.25) is 0 Å². The molecule has 1 saturated heterocycles. The number of aromatic amines is 1. The van der Waals surface area contributed by atoms with Crippen LogP contribution < -0.4 is 4.90 Å². The highest BCUT2D eigenvalue weighted by molar-refractivity contribution is 5.89. The molecule has 0 unspecified atom stereocenters. The Morgan fingerprint density at radius 3 is 2.75 bits per heavy atom. The first-order valence-corrected chi connectivity index (χ1v) is 12.4. The Kier molecular flexibility index (Phi) is 5.73. The topological polar surface area (TPSA) is 102 Å². The number of furan rings is 1. The fourth-order valence-electron chi connectivity index (χ4n) is 5.20. The molecule has 9 nitrogen and oxygen atoms in total. The van der Waals surface area contributed by atoms with Crippen LogP contribution in [0.4, 0.5) is 5.95 Å². The van der Waals surface area contributed by atoms with Gasteiger partial charge in [-0.3, -0.25) is 4.90 Å². The molecule has 36 heavy (non-hydrogen) atoms. The van der Waals surface area contributed by atoms with Crippen LogP contribution in [0.3, 0.4) is 0 Å². The van der Waals surface area contributed by atoms with E-state index in [1.54, 1.807) is 6.92 Å². The smallest absolute Gasteiger partial charge is 0.339 e. The fraction of sp³-hybridized carbons (Fsp3) is 0.370. The summed E-state index contributed by atoms with van der Waals surface area (Å²) in [6, 6.07) is 10.6. The van der Waals surface area contributed by atoms with Gasteiger partial charge >= 0.3 is 5.97 Å². The Bertz CT molecular complexity index is 1430. The standard InChI is InChI=1S/C27H30N6O3/c1-17-21(26(34)35)14-28-27(29-17)33-8-7-24-22(16-33)20-13-18(3-5-23(20)30-24)25-6-4-19(36-25)15-32-11-9-31(2)10-12-32/h3-6,13-14,30H,7-12,15-16H2,1-2H3,(H,34,35). The molecule has 6 rings (SSSR count). The number of benzene rings is 1. The van der Waals surface area contributed by atoms with Crippen molar-refractivity contribution >= 4 is 22.8 Å². The summed E-state index contributed by atoms with van der Waals surface area (Å²) in [5.41, 5.74) is 5.23. The third-order valence-electron chi connectivity index (χ3n) is 7.38. The van der Waals surface area contributed by atoms with Crippen LogP contribution in [-0.4, -0.2) is 75.6 Å². The average Bonchev–Trinajstić information content (AvgIpc) is 3.49. The van der Waals surface area contributed by atoms with Crippen molar-refractivity contribution in [1.82, 2.24) is 24.8 Å². The van der Waals surface area contributed by atoms with Gasteiger partial charge in [-0.1, -0.05) is 0 Å². The number of carboxylic acids is 1. The Hall–Kier alpha value is -3.69. The maximum Gasteiger partial charge on any atom is 0.339 e. The molecule has 0 spiro atoms. The van der Waals surface area contributed by atoms with Gasteiger partial charge in [-0.2, -0.15) is 0 Å². The highest BCUT2D eigenvalue weighted by Crippen LogP contribution is 2.33. The molecule has 0 atom stereocenters. The Labute approximate surface area is 209 Å². The van der Waals surface area contributed by atoms with Crippen molar-refractivity contribution in [3.05, 3.63) is 64.8 Å². The zero-order chi connectivity index (χ0) is 24.8. The number of likely N-dealkylation sites (N-methyl/N-ethyl adjacent to an activating group) is 1. The highest BCUT2D eigenvalue weighted by Gasteiger charge is 2.24. The van der Waals surface area contributed by atoms with Gasteiger partial charge in [0.1, 0.15) is 11.5 Å². The number of aromatic carboxylic acids is 1. The molecule has 1 fully saturated rings. The normalized spacial score (nSPS) is 17.0. The molecule has 5 heterocycles. The summed E-state index contributed by atoms with van der Waals surface area (Å²) in [6.07, 6.45) is 2.25. The fourth-order valence-corrected chi connectivity index (χ4v) is 5.20. The second-order valence-electron chi connectivity index (χ2n) is 9.83. The van der Waals surface area contributed by atoms with Crippen LogP contribution in [0.15, 0.2) is 40.9 Å². The predicted molar refractivity (Wildman–Crippen MR) is 137 cm³/mol. The number of carboxylic acid groups (broad SMARTS) is 1. The van der Waals surface area contributed by atoms with E-state index in [9.17, 15) is 9.90 Å². The summed E-state index contributed by atoms with van der Waals surface area (Å²) in [5.74, 6) is 1.43. The van der Waals surface area contributed by atoms with Gasteiger partial charge in [0.15, 0.2) is 0 Å². The quantitative estimate of drug-likeness (QED) is 0.442. The number of nitrogens with one attached hydrogen (secondary N) is 1. The molecule has 186 valence electrons. The summed E-state index contributed by atoms with van der Waals surface area (Å²) in [6.45, 7) is 8.29. The van der Waals surface area contributed by atoms with Crippen LogP contribution in [0.25, 0.3) is 22.2 Å². The minimum Gasteiger partial charge on any atom is -0.478 e. The number of H-pyrrole nitrogens is 1. The summed E-state index contributed by atoms with van der Waals surface area (Å²) in [4.78, 5) is 30.6. The average molecular weight is 487 g/mol. The van der Waals surface area contributed by atoms with Crippen molar-refractivity contribution in [3.8, 4) is 11.3 Å². The van der Waals surface area contributed by atoms with Crippen molar-refractivity contribution in [2.75, 3.05) is 44.7 Å². The monoisotopic (exact) mass is 486 g/mol. The molecule has 0 amide bonds. The molecule has 3 aromatic heterocycles. The van der Waals surface area contributed by atoms with E-state index in [-0.39, 0.29) is 5.56 Å². The number of hydrogen-bond acceptors (Lipinski definition) is 7. The number of carbonyl (C=O) groups is 1. The number of piperazine rings is 1. The van der Waals surface area contributed by atoms with Gasteiger partial charge in [-0.05, 0) is 44.3 Å². The Morgan fingerprint density at radius 1 is 1.14 bits per heavy atom. The number of aromatic nitrogens is 3. The molecule has 9 heteroatoms. The second-order valence-corrected chi connectivity index (χ2v) is 9.83.